The average molecular weight is 309 g/mol. The van der Waals surface area contributed by atoms with Crippen LogP contribution in [-0.2, 0) is 16.5 Å². The lowest BCUT2D eigenvalue weighted by atomic mass is 10.1. The van der Waals surface area contributed by atoms with Crippen LogP contribution in [-0.4, -0.2) is 63.6 Å². The number of aryl methyl sites for hydroxylation is 1. The number of nitrogens with zero attached hydrogens (tertiary/aromatic N) is 5. The fourth-order valence-electron chi connectivity index (χ4n) is 3.37. The second-order valence-corrected chi connectivity index (χ2v) is 6.39. The fourth-order valence-corrected chi connectivity index (χ4v) is 3.37. The van der Waals surface area contributed by atoms with Crippen molar-refractivity contribution < 1.29 is 9.47 Å². The van der Waals surface area contributed by atoms with Gasteiger partial charge in [-0.1, -0.05) is 0 Å². The minimum absolute atomic E-state index is 0.252. The number of likely N-dealkylation sites (tertiary alicyclic amines) is 1. The monoisotopic (exact) mass is 309 g/mol. The molecule has 0 unspecified atom stereocenters. The summed E-state index contributed by atoms with van der Waals surface area (Å²) in [5.41, 5.74) is 0. The first kappa shape index (κ1) is 15.8. The standard InChI is InChI=1S/C15H27N5O2/c1-12(15-16-17-18-19(15)2)20-8-6-13(7-9-20)22-11-14-5-3-4-10-21-14/h12-14H,3-11H2,1-2H3/t12-,14+/m0/s1. The van der Waals surface area contributed by atoms with E-state index < -0.39 is 0 Å². The van der Waals surface area contributed by atoms with E-state index in [1.54, 1.807) is 4.68 Å². The molecule has 7 heteroatoms. The number of hydrogen-bond donors (Lipinski definition) is 0. The van der Waals surface area contributed by atoms with Crippen LogP contribution in [0.5, 0.6) is 0 Å². The number of ether oxygens (including phenoxy) is 2. The second-order valence-electron chi connectivity index (χ2n) is 6.39. The third-order valence-corrected chi connectivity index (χ3v) is 4.84. The first-order valence-corrected chi connectivity index (χ1v) is 8.43. The van der Waals surface area contributed by atoms with Crippen LogP contribution in [0, 0.1) is 0 Å². The molecule has 7 nitrogen and oxygen atoms in total. The SMILES string of the molecule is C[C@@H](c1nnnn1C)N1CCC(OC[C@H]2CCCCO2)CC1. The molecule has 0 spiro atoms. The predicted octanol–water partition coefficient (Wildman–Crippen LogP) is 1.32. The van der Waals surface area contributed by atoms with Gasteiger partial charge in [-0.05, 0) is 49.5 Å². The van der Waals surface area contributed by atoms with E-state index in [0.29, 0.717) is 12.2 Å². The van der Waals surface area contributed by atoms with Gasteiger partial charge in [0.2, 0.25) is 0 Å². The lowest BCUT2D eigenvalue weighted by molar-refractivity contribution is -0.0770. The summed E-state index contributed by atoms with van der Waals surface area (Å²) in [4.78, 5) is 2.43. The molecule has 0 amide bonds. The van der Waals surface area contributed by atoms with Crippen LogP contribution in [0.4, 0.5) is 0 Å². The van der Waals surface area contributed by atoms with Crippen LogP contribution in [0.3, 0.4) is 0 Å². The maximum atomic E-state index is 6.07. The van der Waals surface area contributed by atoms with Crippen molar-refractivity contribution in [2.45, 2.75) is 57.3 Å². The first-order valence-electron chi connectivity index (χ1n) is 8.43. The van der Waals surface area contributed by atoms with Gasteiger partial charge in [0.15, 0.2) is 5.82 Å². The van der Waals surface area contributed by atoms with E-state index >= 15 is 0 Å². The van der Waals surface area contributed by atoms with E-state index in [9.17, 15) is 0 Å². The first-order chi connectivity index (χ1) is 10.7. The fraction of sp³-hybridized carbons (Fsp3) is 0.933. The minimum Gasteiger partial charge on any atom is -0.376 e. The van der Waals surface area contributed by atoms with E-state index in [-0.39, 0.29) is 6.04 Å². The van der Waals surface area contributed by atoms with Gasteiger partial charge in [-0.3, -0.25) is 4.90 Å². The molecular weight excluding hydrogens is 282 g/mol. The highest BCUT2D eigenvalue weighted by atomic mass is 16.5. The molecule has 2 fully saturated rings. The van der Waals surface area contributed by atoms with Crippen LogP contribution >= 0.6 is 0 Å². The normalized spacial score (nSPS) is 26.2. The Hall–Kier alpha value is -1.05. The molecule has 0 N–H and O–H groups in total. The van der Waals surface area contributed by atoms with E-state index in [2.05, 4.69) is 27.3 Å². The molecule has 0 aromatic carbocycles. The van der Waals surface area contributed by atoms with Crippen molar-refractivity contribution in [3.05, 3.63) is 5.82 Å². The average Bonchev–Trinajstić information content (AvgIpc) is 3.00. The van der Waals surface area contributed by atoms with Crippen LogP contribution in [0.2, 0.25) is 0 Å². The Morgan fingerprint density at radius 3 is 2.73 bits per heavy atom. The van der Waals surface area contributed by atoms with E-state index in [1.165, 1.54) is 12.8 Å². The molecule has 0 bridgehead atoms. The molecule has 0 saturated carbocycles. The summed E-state index contributed by atoms with van der Waals surface area (Å²) in [5.74, 6) is 0.926. The van der Waals surface area contributed by atoms with Gasteiger partial charge >= 0.3 is 0 Å². The van der Waals surface area contributed by atoms with Crippen LogP contribution in [0.25, 0.3) is 0 Å². The molecular formula is C15H27N5O2. The summed E-state index contributed by atoms with van der Waals surface area (Å²) in [6.45, 7) is 5.89. The van der Waals surface area contributed by atoms with E-state index in [1.807, 2.05) is 7.05 Å². The second kappa shape index (κ2) is 7.48. The van der Waals surface area contributed by atoms with E-state index in [4.69, 9.17) is 9.47 Å². The van der Waals surface area contributed by atoms with Crippen LogP contribution in [0.15, 0.2) is 0 Å². The summed E-state index contributed by atoms with van der Waals surface area (Å²) < 4.78 is 13.6. The molecule has 0 radical (unpaired) electrons. The van der Waals surface area contributed by atoms with E-state index in [0.717, 1.165) is 51.4 Å². The number of tetrazole rings is 1. The molecule has 0 aliphatic carbocycles. The lowest BCUT2D eigenvalue weighted by Gasteiger charge is -2.35. The Labute approximate surface area is 131 Å². The van der Waals surface area contributed by atoms with Crippen molar-refractivity contribution >= 4 is 0 Å². The van der Waals surface area contributed by atoms with Gasteiger partial charge in [-0.15, -0.1) is 5.10 Å². The van der Waals surface area contributed by atoms with Gasteiger partial charge in [0.05, 0.1) is 24.9 Å². The molecule has 1 aromatic rings. The van der Waals surface area contributed by atoms with Gasteiger partial charge in [0.1, 0.15) is 0 Å². The van der Waals surface area contributed by atoms with Crippen molar-refractivity contribution in [2.24, 2.45) is 7.05 Å². The Kier molecular flexibility index (Phi) is 5.38. The highest BCUT2D eigenvalue weighted by molar-refractivity contribution is 4.91. The Morgan fingerprint density at radius 1 is 1.27 bits per heavy atom. The number of rotatable bonds is 5. The summed E-state index contributed by atoms with van der Waals surface area (Å²) >= 11 is 0. The van der Waals surface area contributed by atoms with Crippen molar-refractivity contribution in [3.63, 3.8) is 0 Å². The zero-order valence-corrected chi connectivity index (χ0v) is 13.6. The van der Waals surface area contributed by atoms with Crippen LogP contribution < -0.4 is 0 Å². The quantitative estimate of drug-likeness (QED) is 0.817. The zero-order chi connectivity index (χ0) is 15.4. The van der Waals surface area contributed by atoms with Gasteiger partial charge in [0.25, 0.3) is 0 Å². The van der Waals surface area contributed by atoms with Crippen LogP contribution in [0.1, 0.15) is 50.9 Å². The minimum atomic E-state index is 0.252. The largest absolute Gasteiger partial charge is 0.376 e. The molecule has 2 aliphatic heterocycles. The van der Waals surface area contributed by atoms with Crippen molar-refractivity contribution in [1.82, 2.24) is 25.1 Å². The Bertz CT molecular complexity index is 453. The predicted molar refractivity (Wildman–Crippen MR) is 81.4 cm³/mol. The molecule has 2 atom stereocenters. The highest BCUT2D eigenvalue weighted by Gasteiger charge is 2.27. The topological polar surface area (TPSA) is 65.3 Å². The molecule has 22 heavy (non-hydrogen) atoms. The zero-order valence-electron chi connectivity index (χ0n) is 13.6. The van der Waals surface area contributed by atoms with Gasteiger partial charge in [-0.2, -0.15) is 0 Å². The number of piperidine rings is 1. The molecule has 1 aromatic heterocycles. The maximum absolute atomic E-state index is 6.07. The smallest absolute Gasteiger partial charge is 0.167 e. The maximum Gasteiger partial charge on any atom is 0.167 e. The van der Waals surface area contributed by atoms with Gasteiger partial charge < -0.3 is 9.47 Å². The van der Waals surface area contributed by atoms with Crippen molar-refractivity contribution in [1.29, 1.82) is 0 Å². The summed E-state index contributed by atoms with van der Waals surface area (Å²) in [6.07, 6.45) is 6.45. The molecule has 3 heterocycles. The Morgan fingerprint density at radius 2 is 2.09 bits per heavy atom. The highest BCUT2D eigenvalue weighted by Crippen LogP contribution is 2.24. The molecule has 2 saturated heterocycles. The molecule has 124 valence electrons. The summed E-state index contributed by atoms with van der Waals surface area (Å²) in [6, 6.07) is 0.252. The number of hydrogen-bond acceptors (Lipinski definition) is 6. The lowest BCUT2D eigenvalue weighted by Crippen LogP contribution is -2.40. The molecule has 2 aliphatic rings. The molecule has 3 rings (SSSR count). The Balaban J connectivity index is 1.41. The summed E-state index contributed by atoms with van der Waals surface area (Å²) in [5, 5.41) is 11.8. The third-order valence-electron chi connectivity index (χ3n) is 4.84. The van der Waals surface area contributed by atoms with Gasteiger partial charge in [-0.25, -0.2) is 4.68 Å². The third kappa shape index (κ3) is 3.83. The van der Waals surface area contributed by atoms with Gasteiger partial charge in [0, 0.05) is 26.7 Å². The summed E-state index contributed by atoms with van der Waals surface area (Å²) in [7, 11) is 1.89. The number of aromatic nitrogens is 4. The van der Waals surface area contributed by atoms with Crippen molar-refractivity contribution in [2.75, 3.05) is 26.3 Å². The van der Waals surface area contributed by atoms with Crippen molar-refractivity contribution in [3.8, 4) is 0 Å².